The molecule has 2 N–H and O–H groups in total. The van der Waals surface area contributed by atoms with Gasteiger partial charge in [-0.05, 0) is 43.5 Å². The van der Waals surface area contributed by atoms with Crippen molar-refractivity contribution in [3.63, 3.8) is 0 Å². The third-order valence-electron chi connectivity index (χ3n) is 4.24. The second-order valence-electron chi connectivity index (χ2n) is 6.09. The smallest absolute Gasteiger partial charge is 0.226 e. The summed E-state index contributed by atoms with van der Waals surface area (Å²) in [5.41, 5.74) is 6.72. The Morgan fingerprint density at radius 3 is 2.64 bits per heavy atom. The van der Waals surface area contributed by atoms with E-state index in [0.29, 0.717) is 36.0 Å². The van der Waals surface area contributed by atoms with Crippen LogP contribution in [0.1, 0.15) is 31.6 Å². The minimum atomic E-state index is 0. The highest BCUT2D eigenvalue weighted by molar-refractivity contribution is 6.30. The monoisotopic (exact) mass is 384 g/mol. The maximum absolute atomic E-state index is 12.2. The lowest BCUT2D eigenvalue weighted by atomic mass is 10.1. The van der Waals surface area contributed by atoms with Gasteiger partial charge in [0, 0.05) is 42.6 Å². The van der Waals surface area contributed by atoms with Crippen LogP contribution in [0.3, 0.4) is 0 Å². The van der Waals surface area contributed by atoms with Crippen molar-refractivity contribution in [2.24, 2.45) is 5.73 Å². The number of benzene rings is 1. The van der Waals surface area contributed by atoms with Crippen LogP contribution < -0.4 is 5.73 Å². The minimum Gasteiger partial charge on any atom is -0.343 e. The van der Waals surface area contributed by atoms with Gasteiger partial charge >= 0.3 is 0 Å². The van der Waals surface area contributed by atoms with Gasteiger partial charge in [-0.15, -0.1) is 12.4 Å². The van der Waals surface area contributed by atoms with Crippen LogP contribution in [0.15, 0.2) is 28.8 Å². The quantitative estimate of drug-likeness (QED) is 0.855. The van der Waals surface area contributed by atoms with Crippen molar-refractivity contribution >= 4 is 29.9 Å². The highest BCUT2D eigenvalue weighted by Gasteiger charge is 2.20. The summed E-state index contributed by atoms with van der Waals surface area (Å²) in [7, 11) is 0. The van der Waals surface area contributed by atoms with E-state index in [1.54, 1.807) is 12.1 Å². The molecule has 1 aromatic carbocycles. The van der Waals surface area contributed by atoms with E-state index >= 15 is 0 Å². The zero-order valence-electron chi connectivity index (χ0n) is 13.9. The lowest BCUT2D eigenvalue weighted by molar-refractivity contribution is -0.132. The number of carbonyl (C=O) groups excluding carboxylic acids is 1. The Morgan fingerprint density at radius 2 is 1.96 bits per heavy atom. The number of aryl methyl sites for hydroxylation is 1. The molecular weight excluding hydrogens is 363 g/mol. The molecule has 0 saturated carbocycles. The minimum absolute atomic E-state index is 0. The fraction of sp³-hybridized carbons (Fsp3) is 0.471. The molecule has 25 heavy (non-hydrogen) atoms. The molecule has 1 saturated heterocycles. The first kappa shape index (κ1) is 19.7. The van der Waals surface area contributed by atoms with Crippen LogP contribution in [0.5, 0.6) is 0 Å². The van der Waals surface area contributed by atoms with Gasteiger partial charge in [-0.3, -0.25) is 4.79 Å². The van der Waals surface area contributed by atoms with E-state index in [2.05, 4.69) is 10.1 Å². The van der Waals surface area contributed by atoms with Gasteiger partial charge in [-0.25, -0.2) is 0 Å². The molecule has 3 rings (SSSR count). The molecule has 0 aliphatic carbocycles. The Hall–Kier alpha value is -1.63. The summed E-state index contributed by atoms with van der Waals surface area (Å²) >= 11 is 5.87. The molecule has 0 bridgehead atoms. The topological polar surface area (TPSA) is 85.2 Å². The fourth-order valence-corrected chi connectivity index (χ4v) is 2.90. The van der Waals surface area contributed by atoms with Crippen LogP contribution in [-0.2, 0) is 11.2 Å². The maximum Gasteiger partial charge on any atom is 0.226 e. The van der Waals surface area contributed by atoms with Crippen LogP contribution in [0.25, 0.3) is 11.4 Å². The maximum atomic E-state index is 12.2. The molecule has 2 heterocycles. The molecule has 136 valence electrons. The van der Waals surface area contributed by atoms with Gasteiger partial charge in [0.2, 0.25) is 17.6 Å². The molecule has 1 fully saturated rings. The van der Waals surface area contributed by atoms with Crippen LogP contribution in [0.2, 0.25) is 5.02 Å². The number of hydrogen-bond acceptors (Lipinski definition) is 5. The van der Waals surface area contributed by atoms with Crippen molar-refractivity contribution in [2.75, 3.05) is 13.1 Å². The Balaban J connectivity index is 0.00000225. The van der Waals surface area contributed by atoms with Crippen molar-refractivity contribution in [2.45, 2.75) is 38.1 Å². The van der Waals surface area contributed by atoms with Crippen LogP contribution in [0, 0.1) is 0 Å². The summed E-state index contributed by atoms with van der Waals surface area (Å²) in [6.45, 7) is 1.53. The molecule has 1 amide bonds. The predicted molar refractivity (Wildman–Crippen MR) is 98.7 cm³/mol. The van der Waals surface area contributed by atoms with Gasteiger partial charge in [0.05, 0.1) is 0 Å². The summed E-state index contributed by atoms with van der Waals surface area (Å²) in [4.78, 5) is 18.4. The van der Waals surface area contributed by atoms with E-state index in [9.17, 15) is 4.79 Å². The van der Waals surface area contributed by atoms with Crippen molar-refractivity contribution < 1.29 is 9.32 Å². The molecule has 2 aromatic rings. The number of nitrogens with two attached hydrogens (primary N) is 1. The number of likely N-dealkylation sites (tertiary alicyclic amines) is 1. The van der Waals surface area contributed by atoms with E-state index < -0.39 is 0 Å². The average Bonchev–Trinajstić information content (AvgIpc) is 3.05. The first-order valence-electron chi connectivity index (χ1n) is 8.23. The highest BCUT2D eigenvalue weighted by atomic mass is 35.5. The Morgan fingerprint density at radius 1 is 1.28 bits per heavy atom. The zero-order valence-corrected chi connectivity index (χ0v) is 15.4. The molecular formula is C17H22Cl2N4O2. The Bertz CT molecular complexity index is 682. The number of nitrogens with zero attached hydrogens (tertiary/aromatic N) is 3. The molecule has 0 radical (unpaired) electrons. The van der Waals surface area contributed by atoms with E-state index in [4.69, 9.17) is 21.9 Å². The number of halogens is 2. The summed E-state index contributed by atoms with van der Waals surface area (Å²) in [6.07, 6.45) is 3.57. The number of hydrogen-bond donors (Lipinski definition) is 1. The third kappa shape index (κ3) is 5.42. The normalized spacial score (nSPS) is 15.0. The second-order valence-corrected chi connectivity index (χ2v) is 6.53. The van der Waals surface area contributed by atoms with Crippen LogP contribution >= 0.6 is 24.0 Å². The summed E-state index contributed by atoms with van der Waals surface area (Å²) in [6, 6.07) is 7.51. The summed E-state index contributed by atoms with van der Waals surface area (Å²) in [5, 5.41) is 4.64. The SMILES string of the molecule is Cl.NC1CCN(C(=O)CCCc2nc(-c3ccc(Cl)cc3)no2)CC1. The molecule has 1 aromatic heterocycles. The number of amides is 1. The van der Waals surface area contributed by atoms with Crippen LogP contribution in [-0.4, -0.2) is 40.1 Å². The lowest BCUT2D eigenvalue weighted by Gasteiger charge is -2.30. The number of rotatable bonds is 5. The summed E-state index contributed by atoms with van der Waals surface area (Å²) in [5.74, 6) is 1.27. The van der Waals surface area contributed by atoms with Gasteiger partial charge in [0.1, 0.15) is 0 Å². The lowest BCUT2D eigenvalue weighted by Crippen LogP contribution is -2.42. The van der Waals surface area contributed by atoms with Crippen molar-refractivity contribution in [3.05, 3.63) is 35.2 Å². The molecule has 0 atom stereocenters. The number of aromatic nitrogens is 2. The molecule has 0 unspecified atom stereocenters. The van der Waals surface area contributed by atoms with Gasteiger partial charge in [-0.1, -0.05) is 16.8 Å². The van der Waals surface area contributed by atoms with Gasteiger partial charge in [0.15, 0.2) is 0 Å². The van der Waals surface area contributed by atoms with Gasteiger partial charge in [0.25, 0.3) is 0 Å². The number of carbonyl (C=O) groups is 1. The van der Waals surface area contributed by atoms with Gasteiger partial charge in [-0.2, -0.15) is 4.98 Å². The molecule has 1 aliphatic heterocycles. The second kappa shape index (κ2) is 9.17. The van der Waals surface area contributed by atoms with Gasteiger partial charge < -0.3 is 15.2 Å². The average molecular weight is 385 g/mol. The van der Waals surface area contributed by atoms with Crippen molar-refractivity contribution in [3.8, 4) is 11.4 Å². The van der Waals surface area contributed by atoms with E-state index in [1.165, 1.54) is 0 Å². The summed E-state index contributed by atoms with van der Waals surface area (Å²) < 4.78 is 5.26. The van der Waals surface area contributed by atoms with Crippen molar-refractivity contribution in [1.82, 2.24) is 15.0 Å². The standard InChI is InChI=1S/C17H21ClN4O2.ClH/c18-13-6-4-12(5-7-13)17-20-15(24-21-17)2-1-3-16(23)22-10-8-14(19)9-11-22;/h4-7,14H,1-3,8-11,19H2;1H. The highest BCUT2D eigenvalue weighted by Crippen LogP contribution is 2.19. The first-order valence-corrected chi connectivity index (χ1v) is 8.61. The largest absolute Gasteiger partial charge is 0.343 e. The van der Waals surface area contributed by atoms with E-state index in [0.717, 1.165) is 31.5 Å². The molecule has 0 spiro atoms. The fourth-order valence-electron chi connectivity index (χ4n) is 2.77. The van der Waals surface area contributed by atoms with E-state index in [1.807, 2.05) is 17.0 Å². The van der Waals surface area contributed by atoms with Crippen molar-refractivity contribution in [1.29, 1.82) is 0 Å². The molecule has 8 heteroatoms. The van der Waals surface area contributed by atoms with E-state index in [-0.39, 0.29) is 24.4 Å². The molecule has 6 nitrogen and oxygen atoms in total. The Kier molecular flexibility index (Phi) is 7.23. The zero-order chi connectivity index (χ0) is 16.9. The Labute approximate surface area is 158 Å². The first-order chi connectivity index (χ1) is 11.6. The van der Waals surface area contributed by atoms with Crippen LogP contribution in [0.4, 0.5) is 0 Å². The number of piperidine rings is 1. The molecule has 1 aliphatic rings. The third-order valence-corrected chi connectivity index (χ3v) is 4.50. The predicted octanol–water partition coefficient (Wildman–Crippen LogP) is 3.08.